The number of hydrogen-bond acceptors (Lipinski definition) is 5. The van der Waals surface area contributed by atoms with Gasteiger partial charge in [-0.3, -0.25) is 14.9 Å². The summed E-state index contributed by atoms with van der Waals surface area (Å²) >= 11 is 3.06. The largest absolute Gasteiger partial charge is 0.385 e. The van der Waals surface area contributed by atoms with Gasteiger partial charge in [-0.2, -0.15) is 0 Å². The van der Waals surface area contributed by atoms with Gasteiger partial charge in [0, 0.05) is 25.5 Å². The normalized spacial score (nSPS) is 11.9. The van der Waals surface area contributed by atoms with Crippen molar-refractivity contribution < 1.29 is 14.5 Å². The molecule has 0 fully saturated rings. The Balaban J connectivity index is 2.74. The molecule has 104 valence electrons. The minimum atomic E-state index is -0.720. The molecule has 0 aliphatic heterocycles. The zero-order valence-electron chi connectivity index (χ0n) is 10.3. The summed E-state index contributed by atoms with van der Waals surface area (Å²) in [5, 5.41) is 13.3. The van der Waals surface area contributed by atoms with Crippen LogP contribution in [-0.4, -0.2) is 30.6 Å². The van der Waals surface area contributed by atoms with E-state index >= 15 is 0 Å². The molecule has 1 rings (SSSR count). The zero-order valence-corrected chi connectivity index (χ0v) is 11.8. The number of anilines is 1. The van der Waals surface area contributed by atoms with Gasteiger partial charge >= 0.3 is 0 Å². The molecule has 0 heterocycles. The Morgan fingerprint density at radius 3 is 2.89 bits per heavy atom. The first kappa shape index (κ1) is 15.5. The van der Waals surface area contributed by atoms with Gasteiger partial charge in [0.25, 0.3) is 5.69 Å². The highest BCUT2D eigenvalue weighted by atomic mass is 79.9. The second-order valence-corrected chi connectivity index (χ2v) is 4.65. The first-order valence-electron chi connectivity index (χ1n) is 5.45. The number of nitro groups is 1. The fourth-order valence-corrected chi connectivity index (χ4v) is 1.73. The molecule has 0 radical (unpaired) electrons. The predicted octanol–water partition coefficient (Wildman–Crippen LogP) is 1.66. The van der Waals surface area contributed by atoms with Crippen molar-refractivity contribution in [2.24, 2.45) is 5.73 Å². The monoisotopic (exact) mass is 331 g/mol. The van der Waals surface area contributed by atoms with E-state index in [9.17, 15) is 14.9 Å². The summed E-state index contributed by atoms with van der Waals surface area (Å²) in [6.07, 6.45) is 0.376. The maximum atomic E-state index is 11.7. The molecule has 0 bridgehead atoms. The molecule has 0 aliphatic rings. The lowest BCUT2D eigenvalue weighted by Crippen LogP contribution is -2.36. The molecule has 1 unspecified atom stereocenters. The third-order valence-electron chi connectivity index (χ3n) is 2.38. The smallest absolute Gasteiger partial charge is 0.285 e. The first-order valence-corrected chi connectivity index (χ1v) is 6.24. The van der Waals surface area contributed by atoms with Crippen LogP contribution in [0.15, 0.2) is 22.7 Å². The lowest BCUT2D eigenvalue weighted by Gasteiger charge is -2.11. The van der Waals surface area contributed by atoms with Crippen molar-refractivity contribution in [3.8, 4) is 0 Å². The Labute approximate surface area is 118 Å². The Bertz CT molecular complexity index is 481. The molecule has 3 N–H and O–H groups in total. The number of nitrogens with zero attached hydrogens (tertiary/aromatic N) is 1. The van der Waals surface area contributed by atoms with E-state index in [1.54, 1.807) is 6.07 Å². The van der Waals surface area contributed by atoms with Crippen molar-refractivity contribution in [2.45, 2.75) is 12.5 Å². The summed E-state index contributed by atoms with van der Waals surface area (Å²) in [6.45, 7) is 0.370. The van der Waals surface area contributed by atoms with Crippen LogP contribution >= 0.6 is 15.9 Å². The summed E-state index contributed by atoms with van der Waals surface area (Å²) in [6, 6.07) is 3.60. The van der Waals surface area contributed by atoms with Crippen molar-refractivity contribution in [2.75, 3.05) is 19.0 Å². The van der Waals surface area contributed by atoms with Crippen molar-refractivity contribution >= 4 is 33.2 Å². The molecule has 1 aromatic carbocycles. The third-order valence-corrected chi connectivity index (χ3v) is 3.05. The molecule has 0 saturated carbocycles. The average Bonchev–Trinajstić information content (AvgIpc) is 2.37. The van der Waals surface area contributed by atoms with Crippen LogP contribution in [-0.2, 0) is 9.53 Å². The highest BCUT2D eigenvalue weighted by Gasteiger charge is 2.16. The number of benzene rings is 1. The number of nitrogens with two attached hydrogens (primary N) is 1. The molecule has 8 heteroatoms. The third kappa shape index (κ3) is 4.58. The molecule has 1 aromatic rings. The number of ether oxygens (including phenoxy) is 1. The number of halogens is 1. The average molecular weight is 332 g/mol. The Morgan fingerprint density at radius 1 is 1.63 bits per heavy atom. The number of nitro benzene ring substituents is 1. The van der Waals surface area contributed by atoms with Crippen molar-refractivity contribution in [3.63, 3.8) is 0 Å². The van der Waals surface area contributed by atoms with Crippen LogP contribution in [0.3, 0.4) is 0 Å². The molecular formula is C11H14BrN3O4. The fourth-order valence-electron chi connectivity index (χ4n) is 1.34. The SMILES string of the molecule is COCCC(N)C(=O)Nc1ccc(Br)c([N+](=O)[O-])c1. The van der Waals surface area contributed by atoms with Crippen molar-refractivity contribution in [1.82, 2.24) is 0 Å². The Morgan fingerprint density at radius 2 is 2.32 bits per heavy atom. The molecule has 1 atom stereocenters. The number of nitrogens with one attached hydrogen (secondary N) is 1. The van der Waals surface area contributed by atoms with Crippen LogP contribution in [0.1, 0.15) is 6.42 Å². The quantitative estimate of drug-likeness (QED) is 0.608. The molecule has 0 aromatic heterocycles. The van der Waals surface area contributed by atoms with Crippen LogP contribution in [0, 0.1) is 10.1 Å². The zero-order chi connectivity index (χ0) is 14.4. The van der Waals surface area contributed by atoms with Crippen LogP contribution in [0.4, 0.5) is 11.4 Å². The summed E-state index contributed by atoms with van der Waals surface area (Å²) in [5.74, 6) is -0.409. The van der Waals surface area contributed by atoms with Gasteiger partial charge in [-0.1, -0.05) is 0 Å². The summed E-state index contributed by atoms with van der Waals surface area (Å²) in [4.78, 5) is 21.9. The van der Waals surface area contributed by atoms with E-state index in [4.69, 9.17) is 10.5 Å². The van der Waals surface area contributed by atoms with Gasteiger partial charge in [0.2, 0.25) is 5.91 Å². The number of carbonyl (C=O) groups is 1. The standard InChI is InChI=1S/C11H14BrN3O4/c1-19-5-4-9(13)11(16)14-7-2-3-8(12)10(6-7)15(17)18/h2-3,6,9H,4-5,13H2,1H3,(H,14,16). The number of amides is 1. The maximum absolute atomic E-state index is 11.7. The van der Waals surface area contributed by atoms with E-state index in [0.717, 1.165) is 0 Å². The summed E-state index contributed by atoms with van der Waals surface area (Å²) < 4.78 is 5.17. The molecule has 0 spiro atoms. The van der Waals surface area contributed by atoms with Crippen molar-refractivity contribution in [1.29, 1.82) is 0 Å². The van der Waals surface area contributed by atoms with E-state index in [1.165, 1.54) is 19.2 Å². The number of methoxy groups -OCH3 is 1. The van der Waals surface area contributed by atoms with Crippen LogP contribution in [0.2, 0.25) is 0 Å². The van der Waals surface area contributed by atoms with Gasteiger partial charge in [0.05, 0.1) is 15.4 Å². The molecule has 0 saturated heterocycles. The van der Waals surface area contributed by atoms with Gasteiger partial charge in [0.15, 0.2) is 0 Å². The molecule has 1 amide bonds. The Hall–Kier alpha value is -1.51. The second-order valence-electron chi connectivity index (χ2n) is 3.80. The number of carbonyl (C=O) groups excluding carboxylic acids is 1. The van der Waals surface area contributed by atoms with E-state index in [0.29, 0.717) is 23.2 Å². The topological polar surface area (TPSA) is 107 Å². The second kappa shape index (κ2) is 7.17. The van der Waals surface area contributed by atoms with Gasteiger partial charge in [0.1, 0.15) is 0 Å². The van der Waals surface area contributed by atoms with Gasteiger partial charge in [-0.15, -0.1) is 0 Å². The number of hydrogen-bond donors (Lipinski definition) is 2. The Kier molecular flexibility index (Phi) is 5.87. The minimum absolute atomic E-state index is 0.122. The lowest BCUT2D eigenvalue weighted by atomic mass is 10.2. The van der Waals surface area contributed by atoms with E-state index in [2.05, 4.69) is 21.2 Å². The van der Waals surface area contributed by atoms with Gasteiger partial charge in [-0.25, -0.2) is 0 Å². The summed E-state index contributed by atoms with van der Waals surface area (Å²) in [7, 11) is 1.52. The van der Waals surface area contributed by atoms with E-state index in [1.807, 2.05) is 0 Å². The molecular weight excluding hydrogens is 318 g/mol. The minimum Gasteiger partial charge on any atom is -0.385 e. The van der Waals surface area contributed by atoms with Crippen LogP contribution in [0.25, 0.3) is 0 Å². The molecule has 19 heavy (non-hydrogen) atoms. The highest BCUT2D eigenvalue weighted by molar-refractivity contribution is 9.10. The molecule has 0 aliphatic carbocycles. The number of rotatable bonds is 6. The van der Waals surface area contributed by atoms with Crippen molar-refractivity contribution in [3.05, 3.63) is 32.8 Å². The molecule has 7 nitrogen and oxygen atoms in total. The highest BCUT2D eigenvalue weighted by Crippen LogP contribution is 2.27. The summed E-state index contributed by atoms with van der Waals surface area (Å²) in [5.41, 5.74) is 5.85. The van der Waals surface area contributed by atoms with Crippen LogP contribution < -0.4 is 11.1 Å². The lowest BCUT2D eigenvalue weighted by molar-refractivity contribution is -0.385. The van der Waals surface area contributed by atoms with Crippen LogP contribution in [0.5, 0.6) is 0 Å². The van der Waals surface area contributed by atoms with E-state index in [-0.39, 0.29) is 5.69 Å². The van der Waals surface area contributed by atoms with Gasteiger partial charge in [-0.05, 0) is 34.5 Å². The van der Waals surface area contributed by atoms with Gasteiger partial charge < -0.3 is 15.8 Å². The predicted molar refractivity (Wildman–Crippen MR) is 73.9 cm³/mol. The fraction of sp³-hybridized carbons (Fsp3) is 0.364. The van der Waals surface area contributed by atoms with E-state index < -0.39 is 16.9 Å². The first-order chi connectivity index (χ1) is 8.95. The maximum Gasteiger partial charge on any atom is 0.285 e.